The van der Waals surface area contributed by atoms with E-state index in [0.29, 0.717) is 11.2 Å². The van der Waals surface area contributed by atoms with E-state index in [1.807, 2.05) is 16.3 Å². The maximum absolute atomic E-state index is 12.8. The second-order valence-corrected chi connectivity index (χ2v) is 9.36. The van der Waals surface area contributed by atoms with Crippen LogP contribution in [-0.4, -0.2) is 73.4 Å². The highest BCUT2D eigenvalue weighted by Gasteiger charge is 2.23. The molecule has 2 aliphatic rings. The number of anilines is 1. The van der Waals surface area contributed by atoms with Gasteiger partial charge < -0.3 is 14.4 Å². The Hall–Kier alpha value is -2.16. The average Bonchev–Trinajstić information content (AvgIpc) is 3.50. The second kappa shape index (κ2) is 11.1. The summed E-state index contributed by atoms with van der Waals surface area (Å²) < 4.78 is 11.3. The van der Waals surface area contributed by atoms with Crippen LogP contribution in [0.5, 0.6) is 5.75 Å². The van der Waals surface area contributed by atoms with Crippen molar-refractivity contribution in [3.8, 4) is 17.0 Å². The van der Waals surface area contributed by atoms with Crippen molar-refractivity contribution in [1.82, 2.24) is 14.8 Å². The van der Waals surface area contributed by atoms with Gasteiger partial charge in [0, 0.05) is 50.3 Å². The smallest absolute Gasteiger partial charge is 0.323 e. The van der Waals surface area contributed by atoms with Crippen molar-refractivity contribution >= 4 is 22.5 Å². The fourth-order valence-electron chi connectivity index (χ4n) is 4.40. The van der Waals surface area contributed by atoms with E-state index in [4.69, 9.17) is 9.47 Å². The summed E-state index contributed by atoms with van der Waals surface area (Å²) in [6.45, 7) is 7.42. The Bertz CT molecular complexity index is 889. The molecule has 3 heterocycles. The molecule has 0 saturated carbocycles. The van der Waals surface area contributed by atoms with Crippen molar-refractivity contribution in [1.29, 1.82) is 0 Å². The minimum Gasteiger partial charge on any atom is -0.496 e. The number of nitrogens with one attached hydrogen (secondary N) is 1. The van der Waals surface area contributed by atoms with Crippen molar-refractivity contribution in [2.75, 3.05) is 51.8 Å². The molecule has 2 aromatic rings. The molecule has 8 heteroatoms. The number of urea groups is 1. The summed E-state index contributed by atoms with van der Waals surface area (Å²) in [6.07, 6.45) is 6.01. The van der Waals surface area contributed by atoms with Crippen LogP contribution in [0, 0.1) is 0 Å². The number of hydrogen-bond acceptors (Lipinski definition) is 6. The van der Waals surface area contributed by atoms with E-state index in [2.05, 4.69) is 34.3 Å². The monoisotopic (exact) mass is 458 g/mol. The number of hydrogen-bond donors (Lipinski definition) is 1. The lowest BCUT2D eigenvalue weighted by atomic mass is 10.0. The number of thiazole rings is 1. The van der Waals surface area contributed by atoms with E-state index >= 15 is 0 Å². The Morgan fingerprint density at radius 1 is 1.31 bits per heavy atom. The zero-order valence-electron chi connectivity index (χ0n) is 19.1. The summed E-state index contributed by atoms with van der Waals surface area (Å²) in [5.74, 6) is 0.798. The molecule has 2 amide bonds. The Labute approximate surface area is 194 Å². The first-order valence-electron chi connectivity index (χ1n) is 11.7. The quantitative estimate of drug-likeness (QED) is 0.631. The summed E-state index contributed by atoms with van der Waals surface area (Å²) in [5.41, 5.74) is 3.06. The normalized spacial score (nSPS) is 19.3. The fourth-order valence-corrected chi connectivity index (χ4v) is 5.10. The first kappa shape index (κ1) is 23.0. The molecule has 32 heavy (non-hydrogen) atoms. The number of amides is 2. The predicted molar refractivity (Wildman–Crippen MR) is 129 cm³/mol. The summed E-state index contributed by atoms with van der Waals surface area (Å²) in [6, 6.07) is 6.16. The third kappa shape index (κ3) is 5.79. The van der Waals surface area contributed by atoms with Crippen LogP contribution in [0.25, 0.3) is 11.3 Å². The molecule has 1 aromatic carbocycles. The second-order valence-electron chi connectivity index (χ2n) is 8.51. The van der Waals surface area contributed by atoms with Crippen molar-refractivity contribution in [3.63, 3.8) is 0 Å². The predicted octanol–water partition coefficient (Wildman–Crippen LogP) is 4.49. The molecule has 1 unspecified atom stereocenters. The highest BCUT2D eigenvalue weighted by atomic mass is 32.1. The molecular formula is C24H34N4O3S. The lowest BCUT2D eigenvalue weighted by Gasteiger charge is -2.34. The van der Waals surface area contributed by atoms with Gasteiger partial charge >= 0.3 is 6.03 Å². The number of nitrogens with zero attached hydrogens (tertiary/aromatic N) is 3. The molecule has 0 spiro atoms. The molecule has 174 valence electrons. The van der Waals surface area contributed by atoms with Crippen molar-refractivity contribution in [2.45, 2.75) is 45.1 Å². The van der Waals surface area contributed by atoms with Crippen LogP contribution in [0.2, 0.25) is 0 Å². The molecule has 0 aliphatic carbocycles. The zero-order valence-corrected chi connectivity index (χ0v) is 20.0. The van der Waals surface area contributed by atoms with E-state index in [1.54, 1.807) is 7.11 Å². The summed E-state index contributed by atoms with van der Waals surface area (Å²) in [7, 11) is 1.67. The Morgan fingerprint density at radius 2 is 2.16 bits per heavy atom. The van der Waals surface area contributed by atoms with E-state index in [0.717, 1.165) is 75.6 Å². The van der Waals surface area contributed by atoms with Gasteiger partial charge in [0.05, 0.1) is 18.9 Å². The zero-order chi connectivity index (χ0) is 22.3. The van der Waals surface area contributed by atoms with E-state index in [-0.39, 0.29) is 6.03 Å². The standard InChI is InChI=1S/C24H34N4O3S/c1-3-5-18-7-8-22(30-2)20(16-18)21-17-32-23(25-21)26-24(29)28-13-11-27(12-14-28)10-9-19-6-4-15-31-19/h7-8,16-17,19H,3-6,9-15H2,1-2H3,(H,25,26,29). The van der Waals surface area contributed by atoms with Gasteiger partial charge in [0.15, 0.2) is 5.13 Å². The number of aryl methyl sites for hydroxylation is 1. The summed E-state index contributed by atoms with van der Waals surface area (Å²) in [4.78, 5) is 21.8. The number of methoxy groups -OCH3 is 1. The molecule has 2 aliphatic heterocycles. The largest absolute Gasteiger partial charge is 0.496 e. The van der Waals surface area contributed by atoms with Gasteiger partial charge in [-0.25, -0.2) is 9.78 Å². The van der Waals surface area contributed by atoms with Crippen molar-refractivity contribution in [3.05, 3.63) is 29.1 Å². The molecule has 0 bridgehead atoms. The lowest BCUT2D eigenvalue weighted by molar-refractivity contribution is 0.0825. The Balaban J connectivity index is 1.30. The number of aromatic nitrogens is 1. The van der Waals surface area contributed by atoms with E-state index in [9.17, 15) is 4.79 Å². The summed E-state index contributed by atoms with van der Waals surface area (Å²) >= 11 is 1.45. The number of ether oxygens (including phenoxy) is 2. The lowest BCUT2D eigenvalue weighted by Crippen LogP contribution is -2.50. The van der Waals surface area contributed by atoms with Gasteiger partial charge in [0.2, 0.25) is 0 Å². The van der Waals surface area contributed by atoms with E-state index < -0.39 is 0 Å². The minimum absolute atomic E-state index is 0.0728. The molecule has 1 atom stereocenters. The van der Waals surface area contributed by atoms with Gasteiger partial charge in [-0.15, -0.1) is 11.3 Å². The SMILES string of the molecule is CCCc1ccc(OC)c(-c2csc(NC(=O)N3CCN(CCC4CCCO4)CC3)n2)c1. The van der Waals surface area contributed by atoms with Gasteiger partial charge in [0.25, 0.3) is 0 Å². The van der Waals surface area contributed by atoms with E-state index in [1.165, 1.54) is 29.7 Å². The molecule has 4 rings (SSSR count). The highest BCUT2D eigenvalue weighted by molar-refractivity contribution is 7.14. The first-order valence-corrected chi connectivity index (χ1v) is 12.6. The topological polar surface area (TPSA) is 66.9 Å². The van der Waals surface area contributed by atoms with Crippen LogP contribution in [-0.2, 0) is 11.2 Å². The van der Waals surface area contributed by atoms with Gasteiger partial charge in [0.1, 0.15) is 5.75 Å². The van der Waals surface area contributed by atoms with Crippen LogP contribution in [0.1, 0.15) is 38.2 Å². The van der Waals surface area contributed by atoms with Crippen LogP contribution < -0.4 is 10.1 Å². The van der Waals surface area contributed by atoms with Crippen molar-refractivity contribution in [2.24, 2.45) is 0 Å². The van der Waals surface area contributed by atoms with Crippen LogP contribution in [0.4, 0.5) is 9.93 Å². The fraction of sp³-hybridized carbons (Fsp3) is 0.583. The third-order valence-electron chi connectivity index (χ3n) is 6.25. The van der Waals surface area contributed by atoms with Gasteiger partial charge in [-0.3, -0.25) is 10.2 Å². The number of carbonyl (C=O) groups is 1. The number of rotatable bonds is 8. The molecular weight excluding hydrogens is 424 g/mol. The molecule has 2 saturated heterocycles. The van der Waals surface area contributed by atoms with Crippen molar-refractivity contribution < 1.29 is 14.3 Å². The molecule has 1 N–H and O–H groups in total. The maximum atomic E-state index is 12.8. The first-order chi connectivity index (χ1) is 15.7. The Kier molecular flexibility index (Phi) is 8.00. The average molecular weight is 459 g/mol. The van der Waals surface area contributed by atoms with Gasteiger partial charge in [-0.2, -0.15) is 0 Å². The van der Waals surface area contributed by atoms with Crippen LogP contribution >= 0.6 is 11.3 Å². The molecule has 7 nitrogen and oxygen atoms in total. The number of carbonyl (C=O) groups excluding carboxylic acids is 1. The number of piperazine rings is 1. The molecule has 1 aromatic heterocycles. The Morgan fingerprint density at radius 3 is 2.88 bits per heavy atom. The minimum atomic E-state index is -0.0728. The van der Waals surface area contributed by atoms with Gasteiger partial charge in [-0.1, -0.05) is 19.4 Å². The summed E-state index contributed by atoms with van der Waals surface area (Å²) in [5, 5.41) is 5.58. The van der Waals surface area contributed by atoms with Crippen LogP contribution in [0.15, 0.2) is 23.6 Å². The molecule has 0 radical (unpaired) electrons. The van der Waals surface area contributed by atoms with Crippen LogP contribution in [0.3, 0.4) is 0 Å². The van der Waals surface area contributed by atoms with Gasteiger partial charge in [-0.05, 0) is 43.4 Å². The highest BCUT2D eigenvalue weighted by Crippen LogP contribution is 2.33. The third-order valence-corrected chi connectivity index (χ3v) is 7.01. The molecule has 2 fully saturated rings. The number of benzene rings is 1. The maximum Gasteiger partial charge on any atom is 0.323 e.